The van der Waals surface area contributed by atoms with E-state index >= 15 is 0 Å². The highest BCUT2D eigenvalue weighted by Crippen LogP contribution is 2.30. The molecule has 1 N–H and O–H groups in total. The Labute approximate surface area is 90.2 Å². The van der Waals surface area contributed by atoms with Crippen LogP contribution in [0.25, 0.3) is 0 Å². The van der Waals surface area contributed by atoms with Crippen LogP contribution in [0.4, 0.5) is 0 Å². The zero-order valence-corrected chi connectivity index (χ0v) is 9.19. The van der Waals surface area contributed by atoms with Crippen molar-refractivity contribution in [3.05, 3.63) is 0 Å². The lowest BCUT2D eigenvalue weighted by atomic mass is 9.88. The van der Waals surface area contributed by atoms with Crippen molar-refractivity contribution in [1.29, 1.82) is 0 Å². The van der Waals surface area contributed by atoms with Crippen LogP contribution < -0.4 is 0 Å². The maximum atomic E-state index is 11.1. The van der Waals surface area contributed by atoms with Gasteiger partial charge in [0.05, 0.1) is 19.1 Å². The first-order chi connectivity index (χ1) is 7.24. The van der Waals surface area contributed by atoms with Crippen molar-refractivity contribution in [3.63, 3.8) is 0 Å². The van der Waals surface area contributed by atoms with Crippen LogP contribution in [-0.4, -0.2) is 47.8 Å². The fourth-order valence-electron chi connectivity index (χ4n) is 2.59. The van der Waals surface area contributed by atoms with Gasteiger partial charge in [-0.3, -0.25) is 9.69 Å². The minimum Gasteiger partial charge on any atom is -0.481 e. The number of hydrogen-bond acceptors (Lipinski definition) is 3. The van der Waals surface area contributed by atoms with Crippen molar-refractivity contribution in [2.45, 2.75) is 38.3 Å². The molecule has 1 saturated carbocycles. The van der Waals surface area contributed by atoms with Crippen molar-refractivity contribution in [3.8, 4) is 0 Å². The Balaban J connectivity index is 2.02. The number of hydrogen-bond donors (Lipinski definition) is 1. The van der Waals surface area contributed by atoms with Crippen LogP contribution in [0.1, 0.15) is 26.2 Å². The molecule has 0 bridgehead atoms. The first-order valence-corrected chi connectivity index (χ1v) is 5.80. The highest BCUT2D eigenvalue weighted by molar-refractivity contribution is 5.71. The summed E-state index contributed by atoms with van der Waals surface area (Å²) in [6, 6.07) is 0.696. The number of likely N-dealkylation sites (N-methyl/N-ethyl adjacent to an activating group) is 1. The summed E-state index contributed by atoms with van der Waals surface area (Å²) < 4.78 is 5.31. The minimum absolute atomic E-state index is 0.0952. The van der Waals surface area contributed by atoms with Gasteiger partial charge in [-0.2, -0.15) is 0 Å². The van der Waals surface area contributed by atoms with E-state index in [1.807, 2.05) is 0 Å². The van der Waals surface area contributed by atoms with E-state index < -0.39 is 5.97 Å². The molecule has 4 heteroatoms. The predicted molar refractivity (Wildman–Crippen MR) is 55.8 cm³/mol. The Morgan fingerprint density at radius 2 is 2.20 bits per heavy atom. The van der Waals surface area contributed by atoms with Crippen molar-refractivity contribution >= 4 is 5.97 Å². The molecule has 15 heavy (non-hydrogen) atoms. The number of carbonyl (C=O) groups is 1. The number of carboxylic acid groups (broad SMARTS) is 1. The van der Waals surface area contributed by atoms with E-state index in [0.717, 1.165) is 6.54 Å². The lowest BCUT2D eigenvalue weighted by Gasteiger charge is -2.41. The summed E-state index contributed by atoms with van der Waals surface area (Å²) in [7, 11) is 0. The molecule has 1 saturated heterocycles. The first kappa shape index (κ1) is 10.9. The molecular weight excluding hydrogens is 194 g/mol. The average Bonchev–Trinajstić information content (AvgIpc) is 2.58. The van der Waals surface area contributed by atoms with Crippen molar-refractivity contribution in [1.82, 2.24) is 4.90 Å². The molecule has 2 atom stereocenters. The van der Waals surface area contributed by atoms with Gasteiger partial charge in [0.15, 0.2) is 0 Å². The second-order valence-electron chi connectivity index (χ2n) is 4.46. The van der Waals surface area contributed by atoms with E-state index in [9.17, 15) is 4.79 Å². The predicted octanol–water partition coefficient (Wildman–Crippen LogP) is 0.960. The SMILES string of the molecule is CCN(C1CCC1)C1COCC1C(=O)O. The summed E-state index contributed by atoms with van der Waals surface area (Å²) in [6.07, 6.45) is 3.72. The summed E-state index contributed by atoms with van der Waals surface area (Å²) in [5.74, 6) is -1.04. The third kappa shape index (κ3) is 2.01. The van der Waals surface area contributed by atoms with E-state index in [-0.39, 0.29) is 12.0 Å². The number of aliphatic carboxylic acids is 1. The third-order valence-electron chi connectivity index (χ3n) is 3.70. The van der Waals surface area contributed by atoms with Crippen LogP contribution >= 0.6 is 0 Å². The lowest BCUT2D eigenvalue weighted by Crippen LogP contribution is -2.50. The molecule has 0 aromatic carbocycles. The lowest BCUT2D eigenvalue weighted by molar-refractivity contribution is -0.143. The standard InChI is InChI=1S/C11H19NO3/c1-2-12(8-4-3-5-8)10-7-15-6-9(10)11(13)14/h8-10H,2-7H2,1H3,(H,13,14). The fraction of sp³-hybridized carbons (Fsp3) is 0.909. The van der Waals surface area contributed by atoms with Gasteiger partial charge in [0.25, 0.3) is 0 Å². The van der Waals surface area contributed by atoms with Gasteiger partial charge in [-0.1, -0.05) is 13.3 Å². The van der Waals surface area contributed by atoms with Gasteiger partial charge < -0.3 is 9.84 Å². The molecule has 1 aliphatic carbocycles. The van der Waals surface area contributed by atoms with Gasteiger partial charge in [-0.05, 0) is 19.4 Å². The topological polar surface area (TPSA) is 49.8 Å². The molecule has 4 nitrogen and oxygen atoms in total. The van der Waals surface area contributed by atoms with E-state index in [0.29, 0.717) is 19.3 Å². The van der Waals surface area contributed by atoms with E-state index in [2.05, 4.69) is 11.8 Å². The van der Waals surface area contributed by atoms with Gasteiger partial charge in [0.2, 0.25) is 0 Å². The monoisotopic (exact) mass is 213 g/mol. The summed E-state index contributed by atoms with van der Waals surface area (Å²) in [6.45, 7) is 4.00. The number of rotatable bonds is 4. The second-order valence-corrected chi connectivity index (χ2v) is 4.46. The average molecular weight is 213 g/mol. The summed E-state index contributed by atoms with van der Waals surface area (Å²) in [5.41, 5.74) is 0. The summed E-state index contributed by atoms with van der Waals surface area (Å²) in [5, 5.41) is 9.09. The second kappa shape index (κ2) is 4.49. The molecule has 2 rings (SSSR count). The highest BCUT2D eigenvalue weighted by Gasteiger charge is 2.40. The number of carboxylic acids is 1. The Hall–Kier alpha value is -0.610. The number of ether oxygens (including phenoxy) is 1. The van der Waals surface area contributed by atoms with E-state index in [4.69, 9.17) is 9.84 Å². The van der Waals surface area contributed by atoms with Crippen LogP contribution in [0.3, 0.4) is 0 Å². The van der Waals surface area contributed by atoms with E-state index in [1.54, 1.807) is 0 Å². The molecule has 0 amide bonds. The molecular formula is C11H19NO3. The molecule has 0 spiro atoms. The van der Waals surface area contributed by atoms with Gasteiger partial charge in [-0.25, -0.2) is 0 Å². The molecule has 0 aromatic heterocycles. The fourth-order valence-corrected chi connectivity index (χ4v) is 2.59. The third-order valence-corrected chi connectivity index (χ3v) is 3.70. The Bertz CT molecular complexity index is 240. The van der Waals surface area contributed by atoms with Crippen molar-refractivity contribution in [2.75, 3.05) is 19.8 Å². The summed E-state index contributed by atoms with van der Waals surface area (Å²) >= 11 is 0. The maximum absolute atomic E-state index is 11.1. The smallest absolute Gasteiger partial charge is 0.310 e. The summed E-state index contributed by atoms with van der Waals surface area (Å²) in [4.78, 5) is 13.4. The van der Waals surface area contributed by atoms with Crippen molar-refractivity contribution in [2.24, 2.45) is 5.92 Å². The van der Waals surface area contributed by atoms with Gasteiger partial charge in [0, 0.05) is 12.1 Å². The maximum Gasteiger partial charge on any atom is 0.310 e. The van der Waals surface area contributed by atoms with Crippen molar-refractivity contribution < 1.29 is 14.6 Å². The van der Waals surface area contributed by atoms with Crippen LogP contribution in [0, 0.1) is 5.92 Å². The van der Waals surface area contributed by atoms with Crippen LogP contribution in [0.2, 0.25) is 0 Å². The molecule has 2 aliphatic rings. The molecule has 0 radical (unpaired) electrons. The van der Waals surface area contributed by atoms with E-state index in [1.165, 1.54) is 19.3 Å². The van der Waals surface area contributed by atoms with Crippen LogP contribution in [0.5, 0.6) is 0 Å². The zero-order valence-electron chi connectivity index (χ0n) is 9.19. The Kier molecular flexibility index (Phi) is 3.26. The minimum atomic E-state index is -0.713. The largest absolute Gasteiger partial charge is 0.481 e. The molecule has 1 aliphatic heterocycles. The van der Waals surface area contributed by atoms with Gasteiger partial charge >= 0.3 is 5.97 Å². The van der Waals surface area contributed by atoms with Gasteiger partial charge in [-0.15, -0.1) is 0 Å². The zero-order chi connectivity index (χ0) is 10.8. The molecule has 2 unspecified atom stereocenters. The molecule has 86 valence electrons. The van der Waals surface area contributed by atoms with Crippen LogP contribution in [-0.2, 0) is 9.53 Å². The van der Waals surface area contributed by atoms with Crippen LogP contribution in [0.15, 0.2) is 0 Å². The Morgan fingerprint density at radius 3 is 2.67 bits per heavy atom. The quantitative estimate of drug-likeness (QED) is 0.755. The number of nitrogens with zero attached hydrogens (tertiary/aromatic N) is 1. The molecule has 1 heterocycles. The molecule has 2 fully saturated rings. The normalized spacial score (nSPS) is 31.9. The highest BCUT2D eigenvalue weighted by atomic mass is 16.5. The first-order valence-electron chi connectivity index (χ1n) is 5.80. The Morgan fingerprint density at radius 1 is 1.47 bits per heavy atom. The molecule has 0 aromatic rings. The van der Waals surface area contributed by atoms with Gasteiger partial charge in [0.1, 0.15) is 0 Å².